The highest BCUT2D eigenvalue weighted by atomic mass is 28.3. The Kier molecular flexibility index (Phi) is 3.85. The number of hydrogen-bond donors (Lipinski definition) is 1. The predicted octanol–water partition coefficient (Wildman–Crippen LogP) is 3.30. The Balaban J connectivity index is 2.37. The van der Waals surface area contributed by atoms with Crippen molar-refractivity contribution in [3.8, 4) is 0 Å². The molecule has 1 N–H and O–H groups in total. The highest BCUT2D eigenvalue weighted by Crippen LogP contribution is 2.18. The molecule has 2 aromatic rings. The Labute approximate surface area is 114 Å². The van der Waals surface area contributed by atoms with Crippen LogP contribution in [0.5, 0.6) is 0 Å². The fourth-order valence-electron chi connectivity index (χ4n) is 1.72. The average molecular weight is 273 g/mol. The summed E-state index contributed by atoms with van der Waals surface area (Å²) < 4.78 is 5.26. The van der Waals surface area contributed by atoms with E-state index in [0.29, 0.717) is 0 Å². The molecule has 2 aromatic heterocycles. The summed E-state index contributed by atoms with van der Waals surface area (Å²) in [5, 5.41) is 3.91. The van der Waals surface area contributed by atoms with E-state index < -0.39 is 8.24 Å². The number of nitrogens with one attached hydrogen (secondary N) is 1. The molecule has 0 atom stereocenters. The van der Waals surface area contributed by atoms with Crippen molar-refractivity contribution in [2.24, 2.45) is 0 Å². The third-order valence-electron chi connectivity index (χ3n) is 2.43. The average Bonchev–Trinajstić information content (AvgIpc) is 2.73. The molecule has 0 aromatic carbocycles. The first-order valence-corrected chi connectivity index (χ1v) is 9.78. The summed E-state index contributed by atoms with van der Waals surface area (Å²) in [6, 6.07) is 5.90. The Morgan fingerprint density at radius 3 is 2.47 bits per heavy atom. The van der Waals surface area contributed by atoms with E-state index in [1.165, 1.54) is 0 Å². The Morgan fingerprint density at radius 2 is 1.95 bits per heavy atom. The summed E-state index contributed by atoms with van der Waals surface area (Å²) in [6.07, 6.45) is 5.58. The van der Waals surface area contributed by atoms with E-state index >= 15 is 0 Å². The number of rotatable bonds is 4. The standard InChI is InChI=1S/C14H19N3OSi/c1-11-9-13(18-16-11)10-14(17-19(2,3)4)12-5-7-15-8-6-12/h5-10,17H,1-4H3/b14-10+. The molecule has 0 radical (unpaired) electrons. The van der Waals surface area contributed by atoms with E-state index in [-0.39, 0.29) is 0 Å². The van der Waals surface area contributed by atoms with Crippen molar-refractivity contribution in [1.29, 1.82) is 0 Å². The molecular weight excluding hydrogens is 254 g/mol. The molecule has 100 valence electrons. The van der Waals surface area contributed by atoms with Gasteiger partial charge in [-0.15, -0.1) is 0 Å². The molecule has 2 heterocycles. The van der Waals surface area contributed by atoms with Gasteiger partial charge in [-0.1, -0.05) is 24.8 Å². The van der Waals surface area contributed by atoms with Crippen molar-refractivity contribution < 1.29 is 4.52 Å². The lowest BCUT2D eigenvalue weighted by Crippen LogP contribution is -2.39. The largest absolute Gasteiger partial charge is 0.410 e. The number of nitrogens with zero attached hydrogens (tertiary/aromatic N) is 2. The quantitative estimate of drug-likeness (QED) is 0.868. The van der Waals surface area contributed by atoms with Gasteiger partial charge in [0.25, 0.3) is 0 Å². The molecule has 0 aliphatic carbocycles. The van der Waals surface area contributed by atoms with E-state index in [9.17, 15) is 0 Å². The highest BCUT2D eigenvalue weighted by molar-refractivity contribution is 6.74. The van der Waals surface area contributed by atoms with Crippen LogP contribution in [0.15, 0.2) is 35.1 Å². The minimum Gasteiger partial charge on any atom is -0.410 e. The summed E-state index contributed by atoms with van der Waals surface area (Å²) in [7, 11) is -1.45. The smallest absolute Gasteiger partial charge is 0.161 e. The Bertz CT molecular complexity index is 570. The molecule has 0 amide bonds. The van der Waals surface area contributed by atoms with Gasteiger partial charge in [0.2, 0.25) is 0 Å². The van der Waals surface area contributed by atoms with Crippen LogP contribution in [0.1, 0.15) is 17.0 Å². The Morgan fingerprint density at radius 1 is 1.26 bits per heavy atom. The molecule has 0 spiro atoms. The molecule has 19 heavy (non-hydrogen) atoms. The molecule has 5 heteroatoms. The molecular formula is C14H19N3OSi. The molecule has 0 unspecified atom stereocenters. The van der Waals surface area contributed by atoms with Gasteiger partial charge in [-0.05, 0) is 24.6 Å². The van der Waals surface area contributed by atoms with Crippen LogP contribution in [0.25, 0.3) is 11.8 Å². The van der Waals surface area contributed by atoms with Gasteiger partial charge in [-0.3, -0.25) is 4.98 Å². The summed E-state index contributed by atoms with van der Waals surface area (Å²) in [5.41, 5.74) is 3.04. The van der Waals surface area contributed by atoms with E-state index in [1.807, 2.05) is 31.2 Å². The number of pyridine rings is 1. The molecule has 0 saturated heterocycles. The fraction of sp³-hybridized carbons (Fsp3) is 0.286. The highest BCUT2D eigenvalue weighted by Gasteiger charge is 2.16. The monoisotopic (exact) mass is 273 g/mol. The molecule has 2 rings (SSSR count). The third kappa shape index (κ3) is 4.06. The van der Waals surface area contributed by atoms with Gasteiger partial charge in [0.05, 0.1) is 5.69 Å². The van der Waals surface area contributed by atoms with Crippen molar-refractivity contribution in [2.45, 2.75) is 26.6 Å². The van der Waals surface area contributed by atoms with Gasteiger partial charge in [-0.25, -0.2) is 0 Å². The van der Waals surface area contributed by atoms with Gasteiger partial charge < -0.3 is 9.51 Å². The van der Waals surface area contributed by atoms with Crippen molar-refractivity contribution in [2.75, 3.05) is 0 Å². The lowest BCUT2D eigenvalue weighted by molar-refractivity contribution is 0.408. The van der Waals surface area contributed by atoms with Crippen molar-refractivity contribution in [3.05, 3.63) is 47.6 Å². The summed E-state index contributed by atoms with van der Waals surface area (Å²) in [5.74, 6) is 0.759. The van der Waals surface area contributed by atoms with Crippen LogP contribution in [-0.4, -0.2) is 18.4 Å². The zero-order valence-corrected chi connectivity index (χ0v) is 12.8. The molecule has 0 bridgehead atoms. The van der Waals surface area contributed by atoms with Gasteiger partial charge >= 0.3 is 0 Å². The van der Waals surface area contributed by atoms with Crippen LogP contribution in [0.4, 0.5) is 0 Å². The molecule has 0 fully saturated rings. The first-order valence-electron chi connectivity index (χ1n) is 6.28. The van der Waals surface area contributed by atoms with Gasteiger partial charge in [0.1, 0.15) is 8.24 Å². The van der Waals surface area contributed by atoms with E-state index in [2.05, 4.69) is 34.8 Å². The zero-order chi connectivity index (χ0) is 13.9. The second-order valence-corrected chi connectivity index (χ2v) is 10.3. The van der Waals surface area contributed by atoms with Crippen LogP contribution in [0, 0.1) is 6.92 Å². The normalized spacial score (nSPS) is 12.5. The first-order chi connectivity index (χ1) is 8.94. The van der Waals surface area contributed by atoms with E-state index in [0.717, 1.165) is 22.7 Å². The molecule has 4 nitrogen and oxygen atoms in total. The van der Waals surface area contributed by atoms with Gasteiger partial charge in [-0.2, -0.15) is 0 Å². The summed E-state index contributed by atoms with van der Waals surface area (Å²) in [6.45, 7) is 8.69. The SMILES string of the molecule is Cc1cc(/C=C(/N[Si](C)(C)C)c2ccncc2)on1. The second-order valence-electron chi connectivity index (χ2n) is 5.54. The van der Waals surface area contributed by atoms with Crippen LogP contribution in [-0.2, 0) is 0 Å². The van der Waals surface area contributed by atoms with E-state index in [4.69, 9.17) is 4.52 Å². The minimum absolute atomic E-state index is 0.759. The van der Waals surface area contributed by atoms with Gasteiger partial charge in [0.15, 0.2) is 5.76 Å². The first kappa shape index (κ1) is 13.5. The van der Waals surface area contributed by atoms with Crippen molar-refractivity contribution in [3.63, 3.8) is 0 Å². The van der Waals surface area contributed by atoms with Crippen molar-refractivity contribution >= 4 is 20.0 Å². The van der Waals surface area contributed by atoms with Crippen LogP contribution in [0.3, 0.4) is 0 Å². The molecule has 0 aliphatic rings. The maximum absolute atomic E-state index is 5.26. The lowest BCUT2D eigenvalue weighted by atomic mass is 10.2. The summed E-state index contributed by atoms with van der Waals surface area (Å²) in [4.78, 5) is 7.67. The van der Waals surface area contributed by atoms with E-state index in [1.54, 1.807) is 12.4 Å². The topological polar surface area (TPSA) is 51.0 Å². The van der Waals surface area contributed by atoms with Crippen LogP contribution in [0.2, 0.25) is 19.6 Å². The lowest BCUT2D eigenvalue weighted by Gasteiger charge is -2.22. The Hall–Kier alpha value is -1.88. The zero-order valence-electron chi connectivity index (χ0n) is 11.8. The number of hydrogen-bond acceptors (Lipinski definition) is 4. The number of aromatic nitrogens is 2. The van der Waals surface area contributed by atoms with Gasteiger partial charge in [0, 0.05) is 30.2 Å². The predicted molar refractivity (Wildman–Crippen MR) is 79.8 cm³/mol. The maximum atomic E-state index is 5.26. The minimum atomic E-state index is -1.45. The van der Waals surface area contributed by atoms with Crippen LogP contribution >= 0.6 is 0 Å². The molecule has 0 aliphatic heterocycles. The van der Waals surface area contributed by atoms with Crippen LogP contribution < -0.4 is 4.98 Å². The number of aryl methyl sites for hydroxylation is 1. The fourth-order valence-corrected chi connectivity index (χ4v) is 2.75. The second kappa shape index (κ2) is 5.40. The summed E-state index contributed by atoms with van der Waals surface area (Å²) >= 11 is 0. The molecule has 0 saturated carbocycles. The van der Waals surface area contributed by atoms with Crippen molar-refractivity contribution in [1.82, 2.24) is 15.1 Å². The maximum Gasteiger partial charge on any atom is 0.161 e. The third-order valence-corrected chi connectivity index (χ3v) is 3.45.